The maximum Gasteiger partial charge on any atom is 0.342 e. The summed E-state index contributed by atoms with van der Waals surface area (Å²) in [7, 11) is 0. The molecular formula is C17H17ClO6. The van der Waals surface area contributed by atoms with Crippen LogP contribution in [0.4, 0.5) is 0 Å². The summed E-state index contributed by atoms with van der Waals surface area (Å²) >= 11 is 6.03. The number of ether oxygens (including phenoxy) is 2. The summed E-state index contributed by atoms with van der Waals surface area (Å²) in [6.07, 6.45) is 5.22. The zero-order valence-electron chi connectivity index (χ0n) is 12.8. The number of rotatable bonds is 0. The predicted octanol–water partition coefficient (Wildman–Crippen LogP) is 2.53. The van der Waals surface area contributed by atoms with Gasteiger partial charge < -0.3 is 19.7 Å². The predicted molar refractivity (Wildman–Crippen MR) is 85.4 cm³/mol. The molecule has 0 aromatic heterocycles. The van der Waals surface area contributed by atoms with E-state index in [0.717, 1.165) is 12.5 Å². The van der Waals surface area contributed by atoms with Gasteiger partial charge in [-0.2, -0.15) is 0 Å². The zero-order chi connectivity index (χ0) is 17.3. The van der Waals surface area contributed by atoms with E-state index in [9.17, 15) is 19.8 Å². The van der Waals surface area contributed by atoms with Crippen molar-refractivity contribution in [1.29, 1.82) is 0 Å². The number of benzene rings is 1. The maximum absolute atomic E-state index is 12.3. The molecule has 0 spiro atoms. The monoisotopic (exact) mass is 352 g/mol. The summed E-state index contributed by atoms with van der Waals surface area (Å²) in [6.45, 7) is 0.140. The van der Waals surface area contributed by atoms with E-state index in [1.54, 1.807) is 6.08 Å². The van der Waals surface area contributed by atoms with Crippen molar-refractivity contribution in [2.24, 2.45) is 0 Å². The molecule has 2 unspecified atom stereocenters. The lowest BCUT2D eigenvalue weighted by Gasteiger charge is -2.13. The van der Waals surface area contributed by atoms with Crippen LogP contribution in [0, 0.1) is 0 Å². The van der Waals surface area contributed by atoms with Crippen LogP contribution in [0.1, 0.15) is 35.2 Å². The summed E-state index contributed by atoms with van der Waals surface area (Å²) < 4.78 is 10.6. The van der Waals surface area contributed by atoms with E-state index < -0.39 is 17.5 Å². The Kier molecular flexibility index (Phi) is 4.78. The minimum Gasteiger partial charge on any atom is -0.507 e. The summed E-state index contributed by atoms with van der Waals surface area (Å²) in [5, 5.41) is 19.6. The highest BCUT2D eigenvalue weighted by atomic mass is 35.5. The number of epoxide rings is 1. The van der Waals surface area contributed by atoms with Crippen molar-refractivity contribution in [3.05, 3.63) is 34.4 Å². The summed E-state index contributed by atoms with van der Waals surface area (Å²) in [5.41, 5.74) is -0.128. The van der Waals surface area contributed by atoms with Crippen molar-refractivity contribution in [2.45, 2.75) is 37.9 Å². The molecule has 0 amide bonds. The largest absolute Gasteiger partial charge is 0.507 e. The lowest BCUT2D eigenvalue weighted by atomic mass is 9.99. The molecule has 24 heavy (non-hydrogen) atoms. The third-order valence-corrected chi connectivity index (χ3v) is 4.54. The minimum atomic E-state index is -0.782. The molecule has 0 bridgehead atoms. The molecule has 2 atom stereocenters. The standard InChI is InChI=1S/C17H17ClO6/c18-16-10-7-9(19)3-1-2-4-13-14(24-13)5-6-23-17(22)15(10)11(20)8-12(16)21/h1,3,8,13-14,20-21H,2,4-7H2/b3-1+. The number of esters is 1. The fourth-order valence-corrected chi connectivity index (χ4v) is 3.03. The normalized spacial score (nSPS) is 25.9. The van der Waals surface area contributed by atoms with Gasteiger partial charge in [0.2, 0.25) is 0 Å². The molecule has 2 aliphatic heterocycles. The lowest BCUT2D eigenvalue weighted by Crippen LogP contribution is -2.14. The van der Waals surface area contributed by atoms with E-state index in [-0.39, 0.29) is 47.2 Å². The van der Waals surface area contributed by atoms with Gasteiger partial charge in [-0.25, -0.2) is 4.79 Å². The van der Waals surface area contributed by atoms with E-state index in [2.05, 4.69) is 0 Å². The Morgan fingerprint density at radius 1 is 1.12 bits per heavy atom. The number of phenolic OH excluding ortho intramolecular Hbond substituents is 2. The highest BCUT2D eigenvalue weighted by Gasteiger charge is 2.37. The Balaban J connectivity index is 1.94. The molecule has 1 aromatic carbocycles. The van der Waals surface area contributed by atoms with E-state index in [1.807, 2.05) is 0 Å². The number of allylic oxidation sites excluding steroid dienone is 2. The van der Waals surface area contributed by atoms with Crippen LogP contribution in [-0.4, -0.2) is 40.8 Å². The molecule has 0 aliphatic carbocycles. The van der Waals surface area contributed by atoms with Gasteiger partial charge >= 0.3 is 5.97 Å². The molecule has 2 heterocycles. The van der Waals surface area contributed by atoms with Gasteiger partial charge in [0, 0.05) is 24.5 Å². The number of cyclic esters (lactones) is 1. The topological polar surface area (TPSA) is 96.4 Å². The van der Waals surface area contributed by atoms with Crippen LogP contribution in [0.3, 0.4) is 0 Å². The second kappa shape index (κ2) is 6.83. The number of fused-ring (bicyclic) bond motifs is 2. The minimum absolute atomic E-state index is 0.0568. The van der Waals surface area contributed by atoms with E-state index >= 15 is 0 Å². The fraction of sp³-hybridized carbons (Fsp3) is 0.412. The average molecular weight is 353 g/mol. The molecule has 1 saturated heterocycles. The number of ketones is 1. The SMILES string of the molecule is O=C1/C=C/CCC2OC2CCOC(=O)c2c(O)cc(O)c(Cl)c2C1. The van der Waals surface area contributed by atoms with Crippen molar-refractivity contribution in [3.8, 4) is 11.5 Å². The van der Waals surface area contributed by atoms with Crippen LogP contribution >= 0.6 is 11.6 Å². The van der Waals surface area contributed by atoms with E-state index in [4.69, 9.17) is 21.1 Å². The quantitative estimate of drug-likeness (QED) is 0.550. The third-order valence-electron chi connectivity index (χ3n) is 4.12. The molecule has 3 rings (SSSR count). The van der Waals surface area contributed by atoms with Crippen molar-refractivity contribution in [3.63, 3.8) is 0 Å². The average Bonchev–Trinajstić information content (AvgIpc) is 3.26. The number of hydrogen-bond donors (Lipinski definition) is 2. The summed E-state index contributed by atoms with van der Waals surface area (Å²) in [5.74, 6) is -1.94. The number of carbonyl (C=O) groups is 2. The van der Waals surface area contributed by atoms with Gasteiger partial charge in [0.25, 0.3) is 0 Å². The van der Waals surface area contributed by atoms with Crippen LogP contribution in [0.25, 0.3) is 0 Å². The number of phenols is 2. The van der Waals surface area contributed by atoms with Crippen molar-refractivity contribution in [1.82, 2.24) is 0 Å². The Bertz CT molecular complexity index is 712. The number of aromatic hydroxyl groups is 2. The highest BCUT2D eigenvalue weighted by Crippen LogP contribution is 2.37. The second-order valence-corrected chi connectivity index (χ2v) is 6.22. The van der Waals surface area contributed by atoms with Gasteiger partial charge in [0.15, 0.2) is 5.78 Å². The molecule has 0 radical (unpaired) electrons. The molecule has 0 saturated carbocycles. The van der Waals surface area contributed by atoms with Gasteiger partial charge in [0.05, 0.1) is 23.8 Å². The molecule has 1 fully saturated rings. The first-order chi connectivity index (χ1) is 11.5. The van der Waals surface area contributed by atoms with Gasteiger partial charge in [0.1, 0.15) is 17.1 Å². The number of carbonyl (C=O) groups excluding carboxylic acids is 2. The van der Waals surface area contributed by atoms with Crippen LogP contribution in [0.5, 0.6) is 11.5 Å². The smallest absolute Gasteiger partial charge is 0.342 e. The molecule has 6 nitrogen and oxygen atoms in total. The molecule has 2 aliphatic rings. The number of halogens is 1. The molecule has 7 heteroatoms. The van der Waals surface area contributed by atoms with E-state index in [1.165, 1.54) is 6.08 Å². The Morgan fingerprint density at radius 2 is 1.88 bits per heavy atom. The fourth-order valence-electron chi connectivity index (χ4n) is 2.81. The van der Waals surface area contributed by atoms with Crippen LogP contribution in [0.15, 0.2) is 18.2 Å². The highest BCUT2D eigenvalue weighted by molar-refractivity contribution is 6.33. The number of hydrogen-bond acceptors (Lipinski definition) is 6. The van der Waals surface area contributed by atoms with Crippen molar-refractivity contribution < 1.29 is 29.3 Å². The van der Waals surface area contributed by atoms with Crippen LogP contribution < -0.4 is 0 Å². The van der Waals surface area contributed by atoms with Gasteiger partial charge in [-0.3, -0.25) is 4.79 Å². The third kappa shape index (κ3) is 3.55. The first-order valence-corrected chi connectivity index (χ1v) is 8.10. The maximum atomic E-state index is 12.3. The summed E-state index contributed by atoms with van der Waals surface area (Å²) in [6, 6.07) is 0.964. The molecule has 128 valence electrons. The van der Waals surface area contributed by atoms with E-state index in [0.29, 0.717) is 12.8 Å². The lowest BCUT2D eigenvalue weighted by molar-refractivity contribution is -0.114. The van der Waals surface area contributed by atoms with Crippen molar-refractivity contribution >= 4 is 23.4 Å². The first-order valence-electron chi connectivity index (χ1n) is 7.72. The van der Waals surface area contributed by atoms with Crippen LogP contribution in [0.2, 0.25) is 5.02 Å². The van der Waals surface area contributed by atoms with Crippen molar-refractivity contribution in [2.75, 3.05) is 6.61 Å². The first kappa shape index (κ1) is 16.8. The molecule has 1 aromatic rings. The summed E-state index contributed by atoms with van der Waals surface area (Å²) in [4.78, 5) is 24.4. The molecular weight excluding hydrogens is 336 g/mol. The van der Waals surface area contributed by atoms with Crippen LogP contribution in [-0.2, 0) is 20.7 Å². The Labute approximate surface area is 143 Å². The second-order valence-electron chi connectivity index (χ2n) is 5.84. The zero-order valence-corrected chi connectivity index (χ0v) is 13.6. The molecule has 2 N–H and O–H groups in total. The van der Waals surface area contributed by atoms with Gasteiger partial charge in [-0.1, -0.05) is 17.7 Å². The van der Waals surface area contributed by atoms with Gasteiger partial charge in [-0.05, 0) is 18.9 Å². The van der Waals surface area contributed by atoms with Gasteiger partial charge in [-0.15, -0.1) is 0 Å². The Hall–Kier alpha value is -2.05. The Morgan fingerprint density at radius 3 is 2.67 bits per heavy atom.